The van der Waals surface area contributed by atoms with E-state index in [9.17, 15) is 4.79 Å². The van der Waals surface area contributed by atoms with E-state index in [4.69, 9.17) is 5.11 Å². The summed E-state index contributed by atoms with van der Waals surface area (Å²) >= 11 is 0. The highest BCUT2D eigenvalue weighted by Crippen LogP contribution is 2.26. The van der Waals surface area contributed by atoms with E-state index < -0.39 is 0 Å². The Labute approximate surface area is 98.6 Å². The normalized spacial score (nSPS) is 24.2. The quantitative estimate of drug-likeness (QED) is 0.699. The number of hydrogen-bond acceptors (Lipinski definition) is 2. The van der Waals surface area contributed by atoms with Gasteiger partial charge in [0.1, 0.15) is 0 Å². The van der Waals surface area contributed by atoms with Crippen molar-refractivity contribution in [1.29, 1.82) is 0 Å². The van der Waals surface area contributed by atoms with Crippen LogP contribution in [-0.2, 0) is 4.79 Å². The molecule has 1 saturated carbocycles. The molecule has 1 aliphatic carbocycles. The van der Waals surface area contributed by atoms with Crippen LogP contribution in [0.15, 0.2) is 0 Å². The number of nitrogens with one attached hydrogen (secondary N) is 1. The van der Waals surface area contributed by atoms with Gasteiger partial charge in [-0.3, -0.25) is 4.79 Å². The average Bonchev–Trinajstić information content (AvgIpc) is 2.22. The van der Waals surface area contributed by atoms with Gasteiger partial charge in [0.15, 0.2) is 0 Å². The van der Waals surface area contributed by atoms with Crippen molar-refractivity contribution in [3.05, 3.63) is 0 Å². The second kappa shape index (κ2) is 6.89. The molecule has 3 nitrogen and oxygen atoms in total. The van der Waals surface area contributed by atoms with E-state index in [0.29, 0.717) is 5.92 Å². The zero-order valence-corrected chi connectivity index (χ0v) is 10.5. The van der Waals surface area contributed by atoms with E-state index >= 15 is 0 Å². The van der Waals surface area contributed by atoms with Gasteiger partial charge in [0, 0.05) is 12.5 Å². The van der Waals surface area contributed by atoms with Crippen molar-refractivity contribution >= 4 is 5.91 Å². The summed E-state index contributed by atoms with van der Waals surface area (Å²) in [6, 6.07) is 0. The maximum absolute atomic E-state index is 11.9. The third-order valence-electron chi connectivity index (χ3n) is 3.42. The number of carbonyl (C=O) groups excluding carboxylic acids is 1. The molecule has 0 heterocycles. The van der Waals surface area contributed by atoms with Crippen LogP contribution in [0.3, 0.4) is 0 Å². The molecule has 1 aliphatic rings. The molecule has 0 aromatic rings. The summed E-state index contributed by atoms with van der Waals surface area (Å²) in [6.07, 6.45) is 5.71. The molecular weight excluding hydrogens is 202 g/mol. The number of aliphatic hydroxyl groups excluding tert-OH is 1. The van der Waals surface area contributed by atoms with Crippen molar-refractivity contribution in [3.63, 3.8) is 0 Å². The molecule has 94 valence electrons. The number of hydrogen-bond donors (Lipinski definition) is 2. The van der Waals surface area contributed by atoms with E-state index in [1.165, 1.54) is 0 Å². The lowest BCUT2D eigenvalue weighted by atomic mass is 9.82. The van der Waals surface area contributed by atoms with E-state index in [0.717, 1.165) is 45.1 Å². The SMILES string of the molecule is CCCC(CCC)C(=O)NCC1CC(O)C1. The maximum Gasteiger partial charge on any atom is 0.223 e. The molecule has 0 bridgehead atoms. The zero-order valence-electron chi connectivity index (χ0n) is 10.5. The molecule has 3 heteroatoms. The van der Waals surface area contributed by atoms with Gasteiger partial charge in [-0.05, 0) is 31.6 Å². The van der Waals surface area contributed by atoms with Gasteiger partial charge in [0.05, 0.1) is 6.10 Å². The molecule has 2 N–H and O–H groups in total. The third kappa shape index (κ3) is 4.12. The van der Waals surface area contributed by atoms with Crippen LogP contribution < -0.4 is 5.32 Å². The summed E-state index contributed by atoms with van der Waals surface area (Å²) in [5.41, 5.74) is 0. The predicted molar refractivity (Wildman–Crippen MR) is 65.0 cm³/mol. The van der Waals surface area contributed by atoms with Crippen LogP contribution in [0, 0.1) is 11.8 Å². The largest absolute Gasteiger partial charge is 0.393 e. The van der Waals surface area contributed by atoms with Gasteiger partial charge in [-0.25, -0.2) is 0 Å². The van der Waals surface area contributed by atoms with Crippen LogP contribution in [0.1, 0.15) is 52.4 Å². The van der Waals surface area contributed by atoms with Gasteiger partial charge in [-0.15, -0.1) is 0 Å². The van der Waals surface area contributed by atoms with Gasteiger partial charge < -0.3 is 10.4 Å². The first-order valence-electron chi connectivity index (χ1n) is 6.63. The summed E-state index contributed by atoms with van der Waals surface area (Å²) in [4.78, 5) is 11.9. The lowest BCUT2D eigenvalue weighted by Gasteiger charge is -2.31. The highest BCUT2D eigenvalue weighted by molar-refractivity contribution is 5.78. The Hall–Kier alpha value is -0.570. The molecule has 16 heavy (non-hydrogen) atoms. The van der Waals surface area contributed by atoms with E-state index in [1.807, 2.05) is 0 Å². The lowest BCUT2D eigenvalue weighted by Crippen LogP contribution is -2.40. The van der Waals surface area contributed by atoms with Gasteiger partial charge in [0.2, 0.25) is 5.91 Å². The third-order valence-corrected chi connectivity index (χ3v) is 3.42. The van der Waals surface area contributed by atoms with Crippen LogP contribution in [0.5, 0.6) is 0 Å². The molecule has 0 aromatic heterocycles. The summed E-state index contributed by atoms with van der Waals surface area (Å²) in [5, 5.41) is 12.2. The average molecular weight is 227 g/mol. The molecule has 1 amide bonds. The topological polar surface area (TPSA) is 49.3 Å². The summed E-state index contributed by atoms with van der Waals surface area (Å²) < 4.78 is 0. The van der Waals surface area contributed by atoms with Gasteiger partial charge in [-0.1, -0.05) is 26.7 Å². The molecule has 0 spiro atoms. The van der Waals surface area contributed by atoms with E-state index in [-0.39, 0.29) is 17.9 Å². The van der Waals surface area contributed by atoms with Crippen molar-refractivity contribution in [1.82, 2.24) is 5.32 Å². The number of amides is 1. The molecule has 1 rings (SSSR count). The molecule has 0 aliphatic heterocycles. The Kier molecular flexibility index (Phi) is 5.81. The molecular formula is C13H25NO2. The Morgan fingerprint density at radius 3 is 2.31 bits per heavy atom. The second-order valence-electron chi connectivity index (χ2n) is 5.01. The van der Waals surface area contributed by atoms with Crippen molar-refractivity contribution in [2.24, 2.45) is 11.8 Å². The number of aliphatic hydroxyl groups is 1. The Morgan fingerprint density at radius 2 is 1.88 bits per heavy atom. The Balaban J connectivity index is 2.20. The highest BCUT2D eigenvalue weighted by Gasteiger charge is 2.27. The minimum atomic E-state index is -0.121. The first-order valence-corrected chi connectivity index (χ1v) is 6.63. The minimum Gasteiger partial charge on any atom is -0.393 e. The Bertz CT molecular complexity index is 206. The molecule has 1 fully saturated rings. The van der Waals surface area contributed by atoms with Crippen LogP contribution in [0.25, 0.3) is 0 Å². The van der Waals surface area contributed by atoms with Gasteiger partial charge >= 0.3 is 0 Å². The Morgan fingerprint density at radius 1 is 1.31 bits per heavy atom. The van der Waals surface area contributed by atoms with Crippen molar-refractivity contribution < 1.29 is 9.90 Å². The van der Waals surface area contributed by atoms with Crippen LogP contribution in [0.4, 0.5) is 0 Å². The fourth-order valence-electron chi connectivity index (χ4n) is 2.36. The van der Waals surface area contributed by atoms with E-state index in [2.05, 4.69) is 19.2 Å². The van der Waals surface area contributed by atoms with E-state index in [1.54, 1.807) is 0 Å². The maximum atomic E-state index is 11.9. The molecule has 0 saturated heterocycles. The fourth-order valence-corrected chi connectivity index (χ4v) is 2.36. The van der Waals surface area contributed by atoms with Crippen molar-refractivity contribution in [3.8, 4) is 0 Å². The van der Waals surface area contributed by atoms with Crippen molar-refractivity contribution in [2.75, 3.05) is 6.54 Å². The highest BCUT2D eigenvalue weighted by atomic mass is 16.3. The molecule has 0 radical (unpaired) electrons. The number of rotatable bonds is 7. The molecule has 0 aromatic carbocycles. The first-order chi connectivity index (χ1) is 7.67. The summed E-state index contributed by atoms with van der Waals surface area (Å²) in [6.45, 7) is 5.00. The zero-order chi connectivity index (χ0) is 12.0. The fraction of sp³-hybridized carbons (Fsp3) is 0.923. The van der Waals surface area contributed by atoms with Crippen LogP contribution in [0.2, 0.25) is 0 Å². The van der Waals surface area contributed by atoms with Gasteiger partial charge in [0.25, 0.3) is 0 Å². The molecule has 0 atom stereocenters. The van der Waals surface area contributed by atoms with Gasteiger partial charge in [-0.2, -0.15) is 0 Å². The molecule has 0 unspecified atom stereocenters. The smallest absolute Gasteiger partial charge is 0.223 e. The first kappa shape index (κ1) is 13.5. The summed E-state index contributed by atoms with van der Waals surface area (Å²) in [5.74, 6) is 0.910. The lowest BCUT2D eigenvalue weighted by molar-refractivity contribution is -0.126. The predicted octanol–water partition coefficient (Wildman–Crippen LogP) is 2.09. The van der Waals surface area contributed by atoms with Crippen molar-refractivity contribution in [2.45, 2.75) is 58.5 Å². The van der Waals surface area contributed by atoms with Crippen LogP contribution >= 0.6 is 0 Å². The number of carbonyl (C=O) groups is 1. The minimum absolute atomic E-state index is 0.121. The monoisotopic (exact) mass is 227 g/mol. The summed E-state index contributed by atoms with van der Waals surface area (Å²) in [7, 11) is 0. The second-order valence-corrected chi connectivity index (χ2v) is 5.01. The van der Waals surface area contributed by atoms with Crippen LogP contribution in [-0.4, -0.2) is 23.7 Å². The standard InChI is InChI=1S/C13H25NO2/c1-3-5-11(6-4-2)13(16)14-9-10-7-12(15)8-10/h10-12,15H,3-9H2,1-2H3,(H,14,16).